The van der Waals surface area contributed by atoms with Gasteiger partial charge in [0.1, 0.15) is 5.75 Å². The first-order valence-corrected chi connectivity index (χ1v) is 9.42. The van der Waals surface area contributed by atoms with Crippen molar-refractivity contribution < 1.29 is 27.5 Å². The van der Waals surface area contributed by atoms with Gasteiger partial charge in [0, 0.05) is 32.7 Å². The van der Waals surface area contributed by atoms with E-state index in [0.717, 1.165) is 12.1 Å². The van der Waals surface area contributed by atoms with E-state index in [2.05, 4.69) is 0 Å². The van der Waals surface area contributed by atoms with E-state index in [1.165, 1.54) is 12.1 Å². The summed E-state index contributed by atoms with van der Waals surface area (Å²) in [6.07, 6.45) is -4.37. The molecule has 0 spiro atoms. The number of nitrogens with zero attached hydrogens (tertiary/aromatic N) is 2. The maximum Gasteiger partial charge on any atom is 0.416 e. The molecule has 30 heavy (non-hydrogen) atoms. The monoisotopic (exact) mass is 421 g/mol. The smallest absolute Gasteiger partial charge is 0.416 e. The van der Waals surface area contributed by atoms with E-state index < -0.39 is 17.6 Å². The van der Waals surface area contributed by atoms with Crippen LogP contribution in [-0.4, -0.2) is 54.4 Å². The average molecular weight is 421 g/mol. The number of amides is 2. The molecular weight excluding hydrogens is 399 g/mol. The molecule has 0 atom stereocenters. The Hall–Kier alpha value is -3.07. The van der Waals surface area contributed by atoms with Gasteiger partial charge in [0.2, 0.25) is 0 Å². The second kappa shape index (κ2) is 9.17. The number of carbonyl (C=O) groups excluding carboxylic acids is 2. The lowest BCUT2D eigenvalue weighted by molar-refractivity contribution is -0.138. The topological polar surface area (TPSA) is 75.9 Å². The summed E-state index contributed by atoms with van der Waals surface area (Å²) in [5.74, 6) is -0.615. The van der Waals surface area contributed by atoms with Gasteiger partial charge in [-0.05, 0) is 23.8 Å². The van der Waals surface area contributed by atoms with Crippen molar-refractivity contribution in [2.24, 2.45) is 5.73 Å². The van der Waals surface area contributed by atoms with Crippen LogP contribution in [0.4, 0.5) is 13.2 Å². The van der Waals surface area contributed by atoms with E-state index in [9.17, 15) is 22.8 Å². The first kappa shape index (κ1) is 21.6. The summed E-state index contributed by atoms with van der Waals surface area (Å²) in [4.78, 5) is 27.5. The first-order valence-electron chi connectivity index (χ1n) is 9.42. The largest absolute Gasteiger partial charge is 0.483 e. The van der Waals surface area contributed by atoms with Crippen molar-refractivity contribution in [2.75, 3.05) is 32.8 Å². The molecule has 0 unspecified atom stereocenters. The number of hydrogen-bond donors (Lipinski definition) is 1. The highest BCUT2D eigenvalue weighted by molar-refractivity contribution is 5.95. The minimum Gasteiger partial charge on any atom is -0.483 e. The summed E-state index contributed by atoms with van der Waals surface area (Å²) < 4.78 is 44.0. The molecule has 1 aliphatic rings. The van der Waals surface area contributed by atoms with Crippen LogP contribution < -0.4 is 10.5 Å². The van der Waals surface area contributed by atoms with Gasteiger partial charge in [-0.2, -0.15) is 13.2 Å². The number of nitrogens with two attached hydrogens (primary N) is 1. The normalized spacial score (nSPS) is 15.1. The molecule has 1 saturated heterocycles. The predicted octanol–water partition coefficient (Wildman–Crippen LogP) is 2.53. The fourth-order valence-corrected chi connectivity index (χ4v) is 3.29. The third-order valence-electron chi connectivity index (χ3n) is 4.89. The summed E-state index contributed by atoms with van der Waals surface area (Å²) in [6.45, 7) is 2.13. The van der Waals surface area contributed by atoms with Gasteiger partial charge in [-0.1, -0.05) is 30.3 Å². The van der Waals surface area contributed by atoms with Crippen molar-refractivity contribution in [1.29, 1.82) is 0 Å². The molecule has 0 saturated carbocycles. The highest BCUT2D eigenvalue weighted by atomic mass is 19.4. The molecule has 1 heterocycles. The third-order valence-corrected chi connectivity index (χ3v) is 4.89. The fourth-order valence-electron chi connectivity index (χ4n) is 3.29. The van der Waals surface area contributed by atoms with Crippen LogP contribution in [0.3, 0.4) is 0 Å². The minimum absolute atomic E-state index is 0.205. The molecule has 0 aliphatic carbocycles. The van der Waals surface area contributed by atoms with Crippen LogP contribution in [0.15, 0.2) is 48.5 Å². The molecule has 0 aromatic heterocycles. The van der Waals surface area contributed by atoms with E-state index in [-0.39, 0.29) is 23.8 Å². The van der Waals surface area contributed by atoms with E-state index in [0.29, 0.717) is 38.3 Å². The molecule has 9 heteroatoms. The van der Waals surface area contributed by atoms with Gasteiger partial charge < -0.3 is 15.4 Å². The Labute approximate surface area is 172 Å². The van der Waals surface area contributed by atoms with Crippen molar-refractivity contribution in [3.63, 3.8) is 0 Å². The number of rotatable bonds is 6. The second-order valence-corrected chi connectivity index (χ2v) is 7.00. The molecule has 160 valence electrons. The van der Waals surface area contributed by atoms with Gasteiger partial charge >= 0.3 is 6.18 Å². The van der Waals surface area contributed by atoms with Gasteiger partial charge in [-0.15, -0.1) is 0 Å². The average Bonchev–Trinajstić information content (AvgIpc) is 2.72. The van der Waals surface area contributed by atoms with Crippen LogP contribution in [0.2, 0.25) is 0 Å². The van der Waals surface area contributed by atoms with Crippen molar-refractivity contribution in [1.82, 2.24) is 9.80 Å². The van der Waals surface area contributed by atoms with Gasteiger partial charge in [0.15, 0.2) is 6.61 Å². The second-order valence-electron chi connectivity index (χ2n) is 7.00. The van der Waals surface area contributed by atoms with Crippen LogP contribution >= 0.6 is 0 Å². The fraction of sp³-hybridized carbons (Fsp3) is 0.333. The SMILES string of the molecule is NC(=O)c1ccccc1OCC(=O)N1CCN(Cc2cccc(C(F)(F)F)c2)CC1. The van der Waals surface area contributed by atoms with Gasteiger partial charge in [-0.3, -0.25) is 14.5 Å². The lowest BCUT2D eigenvalue weighted by atomic mass is 10.1. The van der Waals surface area contributed by atoms with Crippen LogP contribution in [0.5, 0.6) is 5.75 Å². The summed E-state index contributed by atoms with van der Waals surface area (Å²) in [6, 6.07) is 11.7. The molecule has 2 amide bonds. The number of primary amides is 1. The molecule has 1 aliphatic heterocycles. The first-order chi connectivity index (χ1) is 14.2. The highest BCUT2D eigenvalue weighted by Gasteiger charge is 2.30. The van der Waals surface area contributed by atoms with Crippen molar-refractivity contribution >= 4 is 11.8 Å². The Balaban J connectivity index is 1.50. The van der Waals surface area contributed by atoms with Crippen LogP contribution in [0, 0.1) is 0 Å². The molecule has 3 rings (SSSR count). The summed E-state index contributed by atoms with van der Waals surface area (Å²) in [5, 5.41) is 0. The van der Waals surface area contributed by atoms with Crippen molar-refractivity contribution in [3.8, 4) is 5.75 Å². The standard InChI is InChI=1S/C21H22F3N3O3/c22-21(23,24)16-5-3-4-15(12-16)13-26-8-10-27(11-9-26)19(28)14-30-18-7-2-1-6-17(18)20(25)29/h1-7,12H,8-11,13-14H2,(H2,25,29). The van der Waals surface area contributed by atoms with E-state index in [1.807, 2.05) is 4.90 Å². The number of piperazine rings is 1. The predicted molar refractivity (Wildman–Crippen MR) is 104 cm³/mol. The van der Waals surface area contributed by atoms with Crippen molar-refractivity contribution in [3.05, 3.63) is 65.2 Å². The van der Waals surface area contributed by atoms with Gasteiger partial charge in [0.05, 0.1) is 11.1 Å². The Morgan fingerprint density at radius 1 is 1.00 bits per heavy atom. The quantitative estimate of drug-likeness (QED) is 0.778. The van der Waals surface area contributed by atoms with Gasteiger partial charge in [-0.25, -0.2) is 0 Å². The zero-order valence-corrected chi connectivity index (χ0v) is 16.2. The van der Waals surface area contributed by atoms with E-state index in [1.54, 1.807) is 29.2 Å². The lowest BCUT2D eigenvalue weighted by Gasteiger charge is -2.34. The Kier molecular flexibility index (Phi) is 6.61. The number of carbonyl (C=O) groups is 2. The van der Waals surface area contributed by atoms with Crippen LogP contribution in [-0.2, 0) is 17.5 Å². The number of para-hydroxylation sites is 1. The number of alkyl halides is 3. The van der Waals surface area contributed by atoms with Crippen molar-refractivity contribution in [2.45, 2.75) is 12.7 Å². The zero-order chi connectivity index (χ0) is 21.7. The Morgan fingerprint density at radius 2 is 1.70 bits per heavy atom. The molecule has 0 bridgehead atoms. The van der Waals surface area contributed by atoms with Gasteiger partial charge in [0.25, 0.3) is 11.8 Å². The summed E-state index contributed by atoms with van der Waals surface area (Å²) in [7, 11) is 0. The third kappa shape index (κ3) is 5.50. The number of hydrogen-bond acceptors (Lipinski definition) is 4. The van der Waals surface area contributed by atoms with E-state index >= 15 is 0 Å². The zero-order valence-electron chi connectivity index (χ0n) is 16.2. The summed E-state index contributed by atoms with van der Waals surface area (Å²) in [5.41, 5.74) is 5.41. The maximum atomic E-state index is 12.9. The van der Waals surface area contributed by atoms with E-state index in [4.69, 9.17) is 10.5 Å². The Morgan fingerprint density at radius 3 is 2.37 bits per heavy atom. The maximum absolute atomic E-state index is 12.9. The number of halogens is 3. The molecular formula is C21H22F3N3O3. The molecule has 2 aromatic rings. The van der Waals surface area contributed by atoms with Crippen LogP contribution in [0.25, 0.3) is 0 Å². The lowest BCUT2D eigenvalue weighted by Crippen LogP contribution is -2.49. The molecule has 6 nitrogen and oxygen atoms in total. The minimum atomic E-state index is -4.37. The highest BCUT2D eigenvalue weighted by Crippen LogP contribution is 2.29. The van der Waals surface area contributed by atoms with Crippen LogP contribution in [0.1, 0.15) is 21.5 Å². The number of ether oxygens (including phenoxy) is 1. The molecule has 1 fully saturated rings. The summed E-state index contributed by atoms with van der Waals surface area (Å²) >= 11 is 0. The number of benzene rings is 2. The molecule has 2 aromatic carbocycles. The molecule has 2 N–H and O–H groups in total. The molecule has 0 radical (unpaired) electrons. The Bertz CT molecular complexity index is 910.